The average Bonchev–Trinajstić information content (AvgIpc) is 3.59. The predicted octanol–water partition coefficient (Wildman–Crippen LogP) is 4.26. The Morgan fingerprint density at radius 1 is 1.03 bits per heavy atom. The molecule has 1 aromatic carbocycles. The fraction of sp³-hybridized carbons (Fsp3) is 0.478. The van der Waals surface area contributed by atoms with E-state index in [1.165, 1.54) is 0 Å². The lowest BCUT2D eigenvalue weighted by atomic mass is 10.1. The molecule has 2 aromatic rings. The molecule has 0 radical (unpaired) electrons. The van der Waals surface area contributed by atoms with E-state index >= 15 is 0 Å². The number of nitrogens with zero attached hydrogens (tertiary/aromatic N) is 6. The largest absolute Gasteiger partial charge is 0.492 e. The van der Waals surface area contributed by atoms with Crippen LogP contribution in [-0.2, 0) is 0 Å². The van der Waals surface area contributed by atoms with Gasteiger partial charge in [-0.15, -0.1) is 34.3 Å². The topological polar surface area (TPSA) is 66.2 Å². The summed E-state index contributed by atoms with van der Waals surface area (Å²) < 4.78 is 5.79. The number of ether oxygens (including phenoxy) is 1. The molecular weight excluding hydrogens is 408 g/mol. The molecule has 31 heavy (non-hydrogen) atoms. The van der Waals surface area contributed by atoms with E-state index in [-0.39, 0.29) is 5.66 Å². The average molecular weight is 437 g/mol. The van der Waals surface area contributed by atoms with Crippen LogP contribution in [0.1, 0.15) is 26.2 Å². The van der Waals surface area contributed by atoms with Crippen molar-refractivity contribution >= 4 is 23.3 Å². The summed E-state index contributed by atoms with van der Waals surface area (Å²) in [5, 5.41) is 18.2. The normalized spacial score (nSPS) is 16.8. The molecular formula is C23H28N6OS. The summed E-state index contributed by atoms with van der Waals surface area (Å²) >= 11 is 1.69. The van der Waals surface area contributed by atoms with E-state index in [2.05, 4.69) is 60.4 Å². The van der Waals surface area contributed by atoms with Gasteiger partial charge in [0.2, 0.25) is 0 Å². The molecule has 0 atom stereocenters. The zero-order valence-electron chi connectivity index (χ0n) is 17.9. The monoisotopic (exact) mass is 436 g/mol. The Hall–Kier alpha value is -2.79. The summed E-state index contributed by atoms with van der Waals surface area (Å²) in [5.74, 6) is 5.45. The molecule has 1 aromatic heterocycles. The van der Waals surface area contributed by atoms with Crippen LogP contribution in [0.3, 0.4) is 0 Å². The lowest BCUT2D eigenvalue weighted by Gasteiger charge is -2.37. The van der Waals surface area contributed by atoms with Gasteiger partial charge in [-0.05, 0) is 31.2 Å². The summed E-state index contributed by atoms with van der Waals surface area (Å²) in [4.78, 5) is 4.67. The summed E-state index contributed by atoms with van der Waals surface area (Å²) in [7, 11) is 0. The number of aromatic nitrogens is 2. The third-order valence-corrected chi connectivity index (χ3v) is 6.46. The van der Waals surface area contributed by atoms with Crippen molar-refractivity contribution in [2.75, 3.05) is 48.3 Å². The second-order valence-corrected chi connectivity index (χ2v) is 8.70. The minimum atomic E-state index is -0.229. The molecule has 0 bridgehead atoms. The second-order valence-electron chi connectivity index (χ2n) is 7.59. The van der Waals surface area contributed by atoms with E-state index < -0.39 is 0 Å². The number of thioether (sulfide) groups is 1. The molecule has 0 aliphatic carbocycles. The van der Waals surface area contributed by atoms with Crippen LogP contribution >= 0.6 is 11.8 Å². The Morgan fingerprint density at radius 3 is 2.48 bits per heavy atom. The smallest absolute Gasteiger partial charge is 0.192 e. The fourth-order valence-corrected chi connectivity index (χ4v) is 4.62. The summed E-state index contributed by atoms with van der Waals surface area (Å²) in [6.07, 6.45) is 7.80. The standard InChI is InChI=1S/C23H28N6OS/c1-3-5-12-23(26-27-23)13-18-31-22-11-10-21(24-25-22)29-16-14-28(15-17-29)19-8-6-7-9-20(19)30-4-2/h1,6-11H,4-5,12-18H2,2H3. The van der Waals surface area contributed by atoms with Crippen molar-refractivity contribution in [3.8, 4) is 18.1 Å². The first-order valence-electron chi connectivity index (χ1n) is 10.8. The molecule has 0 saturated carbocycles. The van der Waals surface area contributed by atoms with Gasteiger partial charge < -0.3 is 14.5 Å². The Balaban J connectivity index is 1.26. The fourth-order valence-electron chi connectivity index (χ4n) is 3.72. The SMILES string of the molecule is C#CCCC1(CCSc2ccc(N3CCN(c4ccccc4OCC)CC3)nn2)N=N1. The minimum Gasteiger partial charge on any atom is -0.492 e. The Morgan fingerprint density at radius 2 is 1.81 bits per heavy atom. The molecule has 4 rings (SSSR count). The zero-order valence-corrected chi connectivity index (χ0v) is 18.7. The molecule has 2 aliphatic heterocycles. The molecule has 7 nitrogen and oxygen atoms in total. The van der Waals surface area contributed by atoms with Crippen LogP contribution in [0.25, 0.3) is 0 Å². The van der Waals surface area contributed by atoms with Crippen molar-refractivity contribution in [3.05, 3.63) is 36.4 Å². The third kappa shape index (κ3) is 5.47. The van der Waals surface area contributed by atoms with Crippen molar-refractivity contribution < 1.29 is 4.74 Å². The number of hydrogen-bond acceptors (Lipinski definition) is 8. The molecule has 0 amide bonds. The van der Waals surface area contributed by atoms with E-state index in [1.807, 2.05) is 19.1 Å². The second kappa shape index (κ2) is 10.0. The van der Waals surface area contributed by atoms with Crippen molar-refractivity contribution in [1.82, 2.24) is 10.2 Å². The zero-order chi connectivity index (χ0) is 21.5. The van der Waals surface area contributed by atoms with E-state index in [0.29, 0.717) is 6.61 Å². The number of piperazine rings is 1. The van der Waals surface area contributed by atoms with Crippen LogP contribution in [0.4, 0.5) is 11.5 Å². The molecule has 0 unspecified atom stereocenters. The van der Waals surface area contributed by atoms with Gasteiger partial charge in [0, 0.05) is 51.2 Å². The minimum absolute atomic E-state index is 0.229. The summed E-state index contributed by atoms with van der Waals surface area (Å²) in [6, 6.07) is 12.4. The number of hydrogen-bond donors (Lipinski definition) is 0. The van der Waals surface area contributed by atoms with Crippen LogP contribution in [0, 0.1) is 12.3 Å². The van der Waals surface area contributed by atoms with E-state index in [0.717, 1.165) is 73.5 Å². The van der Waals surface area contributed by atoms with Gasteiger partial charge in [0.15, 0.2) is 11.5 Å². The number of terminal acetylenes is 1. The van der Waals surface area contributed by atoms with Gasteiger partial charge in [-0.25, -0.2) is 0 Å². The van der Waals surface area contributed by atoms with Gasteiger partial charge in [-0.3, -0.25) is 0 Å². The quantitative estimate of drug-likeness (QED) is 0.410. The van der Waals surface area contributed by atoms with Crippen LogP contribution < -0.4 is 14.5 Å². The van der Waals surface area contributed by atoms with Gasteiger partial charge >= 0.3 is 0 Å². The van der Waals surface area contributed by atoms with Crippen molar-refractivity contribution in [2.24, 2.45) is 10.2 Å². The first-order chi connectivity index (χ1) is 15.2. The number of anilines is 2. The molecule has 1 saturated heterocycles. The van der Waals surface area contributed by atoms with Crippen LogP contribution in [0.2, 0.25) is 0 Å². The first kappa shape index (κ1) is 21.4. The lowest BCUT2D eigenvalue weighted by Crippen LogP contribution is -2.47. The summed E-state index contributed by atoms with van der Waals surface area (Å²) in [5.41, 5.74) is 0.934. The highest BCUT2D eigenvalue weighted by atomic mass is 32.2. The van der Waals surface area contributed by atoms with Crippen molar-refractivity contribution in [2.45, 2.75) is 36.9 Å². The Labute approximate surface area is 188 Å². The maximum atomic E-state index is 5.79. The molecule has 3 heterocycles. The van der Waals surface area contributed by atoms with Crippen molar-refractivity contribution in [3.63, 3.8) is 0 Å². The van der Waals surface area contributed by atoms with Gasteiger partial charge in [-0.2, -0.15) is 10.2 Å². The van der Waals surface area contributed by atoms with Gasteiger partial charge in [0.25, 0.3) is 0 Å². The van der Waals surface area contributed by atoms with Crippen LogP contribution in [0.5, 0.6) is 5.75 Å². The van der Waals surface area contributed by atoms with Crippen molar-refractivity contribution in [1.29, 1.82) is 0 Å². The highest BCUT2D eigenvalue weighted by molar-refractivity contribution is 7.99. The molecule has 0 N–H and O–H groups in total. The van der Waals surface area contributed by atoms with Gasteiger partial charge in [-0.1, -0.05) is 12.1 Å². The molecule has 8 heteroatoms. The van der Waals surface area contributed by atoms with Crippen LogP contribution in [-0.4, -0.2) is 54.4 Å². The van der Waals surface area contributed by atoms with Gasteiger partial charge in [0.1, 0.15) is 10.8 Å². The van der Waals surface area contributed by atoms with Crippen LogP contribution in [0.15, 0.2) is 51.7 Å². The summed E-state index contributed by atoms with van der Waals surface area (Å²) in [6.45, 7) is 6.35. The molecule has 0 spiro atoms. The molecule has 1 fully saturated rings. The van der Waals surface area contributed by atoms with Gasteiger partial charge in [0.05, 0.1) is 12.3 Å². The molecule has 2 aliphatic rings. The molecule has 162 valence electrons. The highest BCUT2D eigenvalue weighted by Gasteiger charge is 2.38. The highest BCUT2D eigenvalue weighted by Crippen LogP contribution is 2.38. The third-order valence-electron chi connectivity index (χ3n) is 5.54. The lowest BCUT2D eigenvalue weighted by molar-refractivity contribution is 0.340. The Bertz CT molecular complexity index is 928. The van der Waals surface area contributed by atoms with E-state index in [9.17, 15) is 0 Å². The number of benzene rings is 1. The maximum absolute atomic E-state index is 5.79. The van der Waals surface area contributed by atoms with E-state index in [1.54, 1.807) is 11.8 Å². The predicted molar refractivity (Wildman–Crippen MR) is 125 cm³/mol. The number of para-hydroxylation sites is 2. The Kier molecular flexibility index (Phi) is 6.92. The maximum Gasteiger partial charge on any atom is 0.192 e. The number of rotatable bonds is 10. The van der Waals surface area contributed by atoms with E-state index in [4.69, 9.17) is 11.2 Å². The first-order valence-corrected chi connectivity index (χ1v) is 11.8.